The summed E-state index contributed by atoms with van der Waals surface area (Å²) in [4.78, 5) is 30.5. The molecule has 0 radical (unpaired) electrons. The van der Waals surface area contributed by atoms with E-state index in [0.717, 1.165) is 13.0 Å². The molecule has 7 heteroatoms. The number of fused-ring (bicyclic) bond motifs is 1. The first-order valence-corrected chi connectivity index (χ1v) is 9.04. The maximum atomic E-state index is 13.3. The molecule has 7 nitrogen and oxygen atoms in total. The van der Waals surface area contributed by atoms with Gasteiger partial charge in [-0.15, -0.1) is 0 Å². The van der Waals surface area contributed by atoms with Gasteiger partial charge in [-0.2, -0.15) is 0 Å². The van der Waals surface area contributed by atoms with Crippen LogP contribution in [0.2, 0.25) is 0 Å². The third-order valence-electron chi connectivity index (χ3n) is 4.73. The van der Waals surface area contributed by atoms with E-state index in [1.54, 1.807) is 53.5 Å². The maximum absolute atomic E-state index is 13.3. The predicted octanol–water partition coefficient (Wildman–Crippen LogP) is 2.45. The summed E-state index contributed by atoms with van der Waals surface area (Å²) < 4.78 is 10.2. The molecule has 0 amide bonds. The molecule has 4 rings (SSSR count). The molecule has 0 fully saturated rings. The van der Waals surface area contributed by atoms with Gasteiger partial charge in [0.1, 0.15) is 5.75 Å². The number of nitrogens with zero attached hydrogens (tertiary/aromatic N) is 4. The van der Waals surface area contributed by atoms with Crippen LogP contribution < -0.4 is 16.0 Å². The van der Waals surface area contributed by atoms with Crippen molar-refractivity contribution in [3.63, 3.8) is 0 Å². The highest BCUT2D eigenvalue weighted by atomic mass is 16.5. The summed E-state index contributed by atoms with van der Waals surface area (Å²) in [6.07, 6.45) is 6.08. The average molecular weight is 376 g/mol. The van der Waals surface area contributed by atoms with Crippen LogP contribution in [-0.2, 0) is 13.1 Å². The van der Waals surface area contributed by atoms with Crippen LogP contribution in [0.4, 0.5) is 0 Å². The zero-order valence-corrected chi connectivity index (χ0v) is 15.5. The van der Waals surface area contributed by atoms with Gasteiger partial charge < -0.3 is 9.30 Å². The standard InChI is InChI=1S/C21H20N4O3/c1-28-19-10-5-4-9-18(19)25-20(26)16-7-2-3-8-17(16)24(21(25)27)13-6-12-23-14-11-22-15-23/h2-5,7-11,14-15H,6,12-13H2,1H3. The molecule has 4 aromatic rings. The minimum Gasteiger partial charge on any atom is -0.495 e. The number of ether oxygens (including phenoxy) is 1. The molecule has 2 aromatic heterocycles. The molecule has 0 bridgehead atoms. The van der Waals surface area contributed by atoms with Crippen molar-refractivity contribution >= 4 is 10.9 Å². The lowest BCUT2D eigenvalue weighted by Crippen LogP contribution is -2.39. The molecule has 0 aliphatic rings. The molecule has 0 aliphatic carbocycles. The van der Waals surface area contributed by atoms with Gasteiger partial charge in [0.2, 0.25) is 0 Å². The minimum atomic E-state index is -0.376. The second-order valence-corrected chi connectivity index (χ2v) is 6.42. The van der Waals surface area contributed by atoms with Crippen molar-refractivity contribution in [1.29, 1.82) is 0 Å². The lowest BCUT2D eigenvalue weighted by Gasteiger charge is -2.16. The first kappa shape index (κ1) is 17.8. The fraction of sp³-hybridized carbons (Fsp3) is 0.190. The van der Waals surface area contributed by atoms with Gasteiger partial charge in [-0.25, -0.2) is 14.3 Å². The van der Waals surface area contributed by atoms with Crippen molar-refractivity contribution in [3.8, 4) is 11.4 Å². The number of aryl methyl sites for hydroxylation is 2. The number of imidazole rings is 1. The maximum Gasteiger partial charge on any atom is 0.336 e. The second kappa shape index (κ2) is 7.56. The Morgan fingerprint density at radius 3 is 2.57 bits per heavy atom. The van der Waals surface area contributed by atoms with E-state index in [1.807, 2.05) is 22.9 Å². The molecule has 0 saturated heterocycles. The number of hydrogen-bond acceptors (Lipinski definition) is 4. The Labute approximate surface area is 161 Å². The number of hydrogen-bond donors (Lipinski definition) is 0. The van der Waals surface area contributed by atoms with E-state index in [-0.39, 0.29) is 11.2 Å². The van der Waals surface area contributed by atoms with Crippen LogP contribution in [0.1, 0.15) is 6.42 Å². The van der Waals surface area contributed by atoms with Gasteiger partial charge in [-0.1, -0.05) is 24.3 Å². The highest BCUT2D eigenvalue weighted by Gasteiger charge is 2.16. The Balaban J connectivity index is 1.86. The molecule has 0 unspecified atom stereocenters. The number of methoxy groups -OCH3 is 1. The highest BCUT2D eigenvalue weighted by molar-refractivity contribution is 5.78. The van der Waals surface area contributed by atoms with Crippen molar-refractivity contribution in [2.45, 2.75) is 19.5 Å². The van der Waals surface area contributed by atoms with E-state index in [1.165, 1.54) is 11.7 Å². The molecule has 0 spiro atoms. The third-order valence-corrected chi connectivity index (χ3v) is 4.73. The molecule has 2 aromatic carbocycles. The average Bonchev–Trinajstić information content (AvgIpc) is 3.24. The van der Waals surface area contributed by atoms with Crippen LogP contribution in [0.5, 0.6) is 5.75 Å². The number of benzene rings is 2. The normalized spacial score (nSPS) is 11.0. The van der Waals surface area contributed by atoms with E-state index in [4.69, 9.17) is 4.74 Å². The van der Waals surface area contributed by atoms with Crippen LogP contribution in [-0.4, -0.2) is 25.8 Å². The summed E-state index contributed by atoms with van der Waals surface area (Å²) in [5.41, 5.74) is 0.346. The quantitative estimate of drug-likeness (QED) is 0.518. The number of aromatic nitrogens is 4. The highest BCUT2D eigenvalue weighted by Crippen LogP contribution is 2.20. The van der Waals surface area contributed by atoms with Crippen molar-refractivity contribution in [1.82, 2.24) is 18.7 Å². The van der Waals surface area contributed by atoms with E-state index >= 15 is 0 Å². The molecule has 0 N–H and O–H groups in total. The Morgan fingerprint density at radius 2 is 1.79 bits per heavy atom. The van der Waals surface area contributed by atoms with Crippen molar-refractivity contribution in [2.75, 3.05) is 7.11 Å². The third kappa shape index (κ3) is 3.11. The Bertz CT molecular complexity index is 1220. The molecule has 142 valence electrons. The van der Waals surface area contributed by atoms with Gasteiger partial charge in [0, 0.05) is 25.5 Å². The SMILES string of the molecule is COc1ccccc1-n1c(=O)c2ccccc2n(CCCn2ccnc2)c1=O. The Hall–Kier alpha value is -3.61. The predicted molar refractivity (Wildman–Crippen MR) is 107 cm³/mol. The second-order valence-electron chi connectivity index (χ2n) is 6.42. The minimum absolute atomic E-state index is 0.351. The van der Waals surface area contributed by atoms with Gasteiger partial charge in [0.15, 0.2) is 0 Å². The molecule has 28 heavy (non-hydrogen) atoms. The molecule has 0 saturated carbocycles. The van der Waals surface area contributed by atoms with Crippen molar-refractivity contribution in [2.24, 2.45) is 0 Å². The van der Waals surface area contributed by atoms with Crippen LogP contribution in [0.3, 0.4) is 0 Å². The summed E-state index contributed by atoms with van der Waals surface area (Å²) in [7, 11) is 1.52. The molecule has 2 heterocycles. The molecular weight excluding hydrogens is 356 g/mol. The summed E-state index contributed by atoms with van der Waals surface area (Å²) in [5.74, 6) is 0.474. The van der Waals surface area contributed by atoms with Crippen LogP contribution in [0, 0.1) is 0 Å². The zero-order chi connectivity index (χ0) is 19.5. The van der Waals surface area contributed by atoms with Crippen LogP contribution >= 0.6 is 0 Å². The van der Waals surface area contributed by atoms with Gasteiger partial charge >= 0.3 is 5.69 Å². The fourth-order valence-electron chi connectivity index (χ4n) is 3.39. The smallest absolute Gasteiger partial charge is 0.336 e. The van der Waals surface area contributed by atoms with E-state index in [2.05, 4.69) is 4.98 Å². The van der Waals surface area contributed by atoms with Crippen molar-refractivity contribution < 1.29 is 4.74 Å². The van der Waals surface area contributed by atoms with E-state index in [9.17, 15) is 9.59 Å². The van der Waals surface area contributed by atoms with Gasteiger partial charge in [-0.3, -0.25) is 9.36 Å². The lowest BCUT2D eigenvalue weighted by atomic mass is 10.2. The summed E-state index contributed by atoms with van der Waals surface area (Å²) in [5, 5.41) is 0.496. The van der Waals surface area contributed by atoms with E-state index in [0.29, 0.717) is 28.9 Å². The van der Waals surface area contributed by atoms with Gasteiger partial charge in [-0.05, 0) is 30.7 Å². The summed E-state index contributed by atoms with van der Waals surface area (Å²) in [6, 6.07) is 14.2. The fourth-order valence-corrected chi connectivity index (χ4v) is 3.39. The first-order valence-electron chi connectivity index (χ1n) is 9.04. The summed E-state index contributed by atoms with van der Waals surface area (Å²) >= 11 is 0. The molecule has 0 atom stereocenters. The zero-order valence-electron chi connectivity index (χ0n) is 15.5. The lowest BCUT2D eigenvalue weighted by molar-refractivity contribution is 0.411. The van der Waals surface area contributed by atoms with Crippen LogP contribution in [0.15, 0.2) is 76.8 Å². The number of para-hydroxylation sites is 3. The molecule has 0 aliphatic heterocycles. The molecular formula is C21H20N4O3. The number of rotatable bonds is 6. The first-order chi connectivity index (χ1) is 13.7. The van der Waals surface area contributed by atoms with Gasteiger partial charge in [0.25, 0.3) is 5.56 Å². The van der Waals surface area contributed by atoms with Crippen LogP contribution in [0.25, 0.3) is 16.6 Å². The monoisotopic (exact) mass is 376 g/mol. The van der Waals surface area contributed by atoms with Crippen molar-refractivity contribution in [3.05, 3.63) is 88.1 Å². The largest absolute Gasteiger partial charge is 0.495 e. The Morgan fingerprint density at radius 1 is 1.00 bits per heavy atom. The summed E-state index contributed by atoms with van der Waals surface area (Å²) in [6.45, 7) is 1.21. The van der Waals surface area contributed by atoms with E-state index < -0.39 is 0 Å². The van der Waals surface area contributed by atoms with Gasteiger partial charge in [0.05, 0.1) is 30.0 Å². The Kier molecular flexibility index (Phi) is 4.80. The topological polar surface area (TPSA) is 71.0 Å².